The summed E-state index contributed by atoms with van der Waals surface area (Å²) in [5.74, 6) is 2.97. The topological polar surface area (TPSA) is 118 Å². The van der Waals surface area contributed by atoms with E-state index in [-0.39, 0.29) is 0 Å². The molecule has 4 rings (SSSR count). The number of hydrogen-bond acceptors (Lipinski definition) is 9. The quantitative estimate of drug-likeness (QED) is 0.265. The first-order valence-corrected chi connectivity index (χ1v) is 11.3. The Hall–Kier alpha value is -5.18. The minimum absolute atomic E-state index is 0.375. The molecule has 0 atom stereocenters. The lowest BCUT2D eigenvalue weighted by atomic mass is 10.2. The number of carbonyl (C=O) groups is 4. The number of para-hydroxylation sites is 1. The van der Waals surface area contributed by atoms with Gasteiger partial charge in [-0.05, 0) is 66.7 Å². The third-order valence-corrected chi connectivity index (χ3v) is 4.72. The van der Waals surface area contributed by atoms with Crippen LogP contribution >= 0.6 is 0 Å². The van der Waals surface area contributed by atoms with Gasteiger partial charge in [-0.15, -0.1) is 0 Å². The van der Waals surface area contributed by atoms with Crippen molar-refractivity contribution in [2.24, 2.45) is 0 Å². The van der Waals surface area contributed by atoms with Crippen LogP contribution in [0.2, 0.25) is 0 Å². The minimum Gasteiger partial charge on any atom is -0.497 e. The SMILES string of the molecule is COc1ccc(C=O)cc1.COc1ccc(C=O)cc1OC.COc1ccccc1C=O.O=Cc1ccco1. The fraction of sp³-hybridized carbons (Fsp3) is 0.133. The molecule has 9 nitrogen and oxygen atoms in total. The summed E-state index contributed by atoms with van der Waals surface area (Å²) in [5, 5.41) is 0. The molecular formula is C30H30O9. The molecule has 0 radical (unpaired) electrons. The van der Waals surface area contributed by atoms with Gasteiger partial charge in [-0.3, -0.25) is 19.2 Å². The van der Waals surface area contributed by atoms with Crippen molar-refractivity contribution in [3.8, 4) is 23.0 Å². The van der Waals surface area contributed by atoms with Crippen molar-refractivity contribution in [2.75, 3.05) is 28.4 Å². The maximum Gasteiger partial charge on any atom is 0.185 e. The van der Waals surface area contributed by atoms with Crippen LogP contribution in [0.15, 0.2) is 89.5 Å². The molecule has 1 heterocycles. The van der Waals surface area contributed by atoms with E-state index < -0.39 is 0 Å². The number of ether oxygens (including phenoxy) is 4. The normalized spacial score (nSPS) is 8.92. The fourth-order valence-corrected chi connectivity index (χ4v) is 2.73. The monoisotopic (exact) mass is 534 g/mol. The summed E-state index contributed by atoms with van der Waals surface area (Å²) in [6.07, 6.45) is 4.48. The second-order valence-corrected chi connectivity index (χ2v) is 7.12. The molecule has 9 heteroatoms. The Labute approximate surface area is 226 Å². The van der Waals surface area contributed by atoms with E-state index >= 15 is 0 Å². The summed E-state index contributed by atoms with van der Waals surface area (Å²) >= 11 is 0. The third-order valence-electron chi connectivity index (χ3n) is 4.72. The fourth-order valence-electron chi connectivity index (χ4n) is 2.73. The molecule has 39 heavy (non-hydrogen) atoms. The predicted molar refractivity (Wildman–Crippen MR) is 146 cm³/mol. The van der Waals surface area contributed by atoms with E-state index in [1.807, 2.05) is 6.07 Å². The molecule has 1 aromatic heterocycles. The molecule has 0 saturated carbocycles. The zero-order chi connectivity index (χ0) is 28.9. The smallest absolute Gasteiger partial charge is 0.185 e. The number of methoxy groups -OCH3 is 4. The molecule has 4 aromatic rings. The van der Waals surface area contributed by atoms with Gasteiger partial charge < -0.3 is 23.4 Å². The Morgan fingerprint density at radius 2 is 1.15 bits per heavy atom. The Balaban J connectivity index is 0.000000264. The number of carbonyl (C=O) groups excluding carboxylic acids is 4. The second kappa shape index (κ2) is 19.0. The van der Waals surface area contributed by atoms with Crippen molar-refractivity contribution < 1.29 is 42.5 Å². The molecule has 0 bridgehead atoms. The van der Waals surface area contributed by atoms with Crippen LogP contribution in [0.4, 0.5) is 0 Å². The highest BCUT2D eigenvalue weighted by atomic mass is 16.5. The van der Waals surface area contributed by atoms with Crippen molar-refractivity contribution in [3.05, 3.63) is 108 Å². The lowest BCUT2D eigenvalue weighted by molar-refractivity contribution is 0.109. The van der Waals surface area contributed by atoms with Gasteiger partial charge in [0, 0.05) is 11.1 Å². The summed E-state index contributed by atoms with van der Waals surface area (Å²) in [6.45, 7) is 0. The van der Waals surface area contributed by atoms with Crippen LogP contribution < -0.4 is 18.9 Å². The van der Waals surface area contributed by atoms with Crippen molar-refractivity contribution in [2.45, 2.75) is 0 Å². The summed E-state index contributed by atoms with van der Waals surface area (Å²) in [5.41, 5.74) is 1.83. The predicted octanol–water partition coefficient (Wildman–Crippen LogP) is 5.62. The molecule has 204 valence electrons. The van der Waals surface area contributed by atoms with Crippen LogP contribution in [-0.2, 0) is 0 Å². The molecule has 0 aliphatic rings. The molecule has 0 unspecified atom stereocenters. The summed E-state index contributed by atoms with van der Waals surface area (Å²) in [4.78, 5) is 40.6. The number of hydrogen-bond donors (Lipinski definition) is 0. The van der Waals surface area contributed by atoms with Gasteiger partial charge in [0.1, 0.15) is 24.1 Å². The van der Waals surface area contributed by atoms with Gasteiger partial charge in [0.25, 0.3) is 0 Å². The van der Waals surface area contributed by atoms with E-state index in [1.165, 1.54) is 13.4 Å². The molecule has 0 saturated heterocycles. The highest BCUT2D eigenvalue weighted by Gasteiger charge is 2.02. The Kier molecular flexibility index (Phi) is 15.5. The van der Waals surface area contributed by atoms with E-state index in [2.05, 4.69) is 4.42 Å². The van der Waals surface area contributed by atoms with E-state index in [1.54, 1.807) is 94.1 Å². The molecule has 3 aromatic carbocycles. The average molecular weight is 535 g/mol. The highest BCUT2D eigenvalue weighted by molar-refractivity contribution is 5.79. The maximum absolute atomic E-state index is 10.4. The maximum atomic E-state index is 10.4. The van der Waals surface area contributed by atoms with E-state index in [0.717, 1.165) is 24.6 Å². The second-order valence-electron chi connectivity index (χ2n) is 7.12. The molecular weight excluding hydrogens is 504 g/mol. The Bertz CT molecular complexity index is 1260. The lowest BCUT2D eigenvalue weighted by Crippen LogP contribution is -1.91. The average Bonchev–Trinajstić information content (AvgIpc) is 3.56. The first-order valence-electron chi connectivity index (χ1n) is 11.3. The van der Waals surface area contributed by atoms with Crippen LogP contribution in [0.25, 0.3) is 0 Å². The minimum atomic E-state index is 0.375. The Morgan fingerprint density at radius 3 is 1.59 bits per heavy atom. The zero-order valence-corrected chi connectivity index (χ0v) is 22.1. The van der Waals surface area contributed by atoms with E-state index in [4.69, 9.17) is 18.9 Å². The number of aldehydes is 4. The summed E-state index contributed by atoms with van der Waals surface area (Å²) in [7, 11) is 6.23. The van der Waals surface area contributed by atoms with Gasteiger partial charge in [0.05, 0.1) is 40.3 Å². The molecule has 0 N–H and O–H groups in total. The summed E-state index contributed by atoms with van der Waals surface area (Å²) < 4.78 is 24.4. The number of furan rings is 1. The van der Waals surface area contributed by atoms with Gasteiger partial charge in [0.15, 0.2) is 29.8 Å². The van der Waals surface area contributed by atoms with Crippen LogP contribution in [0.1, 0.15) is 41.6 Å². The molecule has 0 spiro atoms. The van der Waals surface area contributed by atoms with Gasteiger partial charge >= 0.3 is 0 Å². The molecule has 0 aliphatic carbocycles. The number of rotatable bonds is 8. The molecule has 0 aliphatic heterocycles. The summed E-state index contributed by atoms with van der Waals surface area (Å²) in [6, 6.07) is 22.3. The van der Waals surface area contributed by atoms with Gasteiger partial charge in [-0.1, -0.05) is 12.1 Å². The first kappa shape index (κ1) is 31.8. The standard InChI is InChI=1S/C9H10O3.2C8H8O2.C5H4O2/c1-11-8-4-3-7(6-10)5-9(8)12-2;1-10-8-4-2-7(6-9)3-5-8;1-10-8-5-3-2-4-7(8)6-9;6-4-5-2-1-3-7-5/h3-6H,1-2H3;2*2-6H,1H3;1-4H. The third kappa shape index (κ3) is 11.6. The van der Waals surface area contributed by atoms with E-state index in [0.29, 0.717) is 46.0 Å². The largest absolute Gasteiger partial charge is 0.497 e. The molecule has 0 amide bonds. The van der Waals surface area contributed by atoms with Gasteiger partial charge in [0.2, 0.25) is 0 Å². The highest BCUT2D eigenvalue weighted by Crippen LogP contribution is 2.26. The number of benzene rings is 3. The van der Waals surface area contributed by atoms with Gasteiger partial charge in [-0.2, -0.15) is 0 Å². The lowest BCUT2D eigenvalue weighted by Gasteiger charge is -2.06. The first-order chi connectivity index (χ1) is 19.0. The van der Waals surface area contributed by atoms with E-state index in [9.17, 15) is 19.2 Å². The van der Waals surface area contributed by atoms with Crippen molar-refractivity contribution in [1.82, 2.24) is 0 Å². The van der Waals surface area contributed by atoms with Crippen LogP contribution in [0.3, 0.4) is 0 Å². The van der Waals surface area contributed by atoms with Crippen molar-refractivity contribution >= 4 is 25.1 Å². The molecule has 0 fully saturated rings. The van der Waals surface area contributed by atoms with Crippen molar-refractivity contribution in [1.29, 1.82) is 0 Å². The van der Waals surface area contributed by atoms with Crippen LogP contribution in [0.5, 0.6) is 23.0 Å². The van der Waals surface area contributed by atoms with Gasteiger partial charge in [-0.25, -0.2) is 0 Å². The van der Waals surface area contributed by atoms with Crippen LogP contribution in [0, 0.1) is 0 Å². The zero-order valence-electron chi connectivity index (χ0n) is 22.1. The van der Waals surface area contributed by atoms with Crippen molar-refractivity contribution in [3.63, 3.8) is 0 Å². The van der Waals surface area contributed by atoms with Crippen LogP contribution in [-0.4, -0.2) is 53.6 Å². The Morgan fingerprint density at radius 1 is 0.538 bits per heavy atom.